The van der Waals surface area contributed by atoms with Crippen LogP contribution in [0.5, 0.6) is 0 Å². The first-order valence-corrected chi connectivity index (χ1v) is 15.6. The normalized spacial score (nSPS) is 49.3. The van der Waals surface area contributed by atoms with Gasteiger partial charge in [-0.15, -0.1) is 0 Å². The van der Waals surface area contributed by atoms with Crippen molar-refractivity contribution in [2.45, 2.75) is 116 Å². The molecule has 12 heteroatoms. The van der Waals surface area contributed by atoms with E-state index >= 15 is 0 Å². The predicted molar refractivity (Wildman–Crippen MR) is 153 cm³/mol. The van der Waals surface area contributed by atoms with E-state index in [1.54, 1.807) is 19.5 Å². The van der Waals surface area contributed by atoms with Gasteiger partial charge in [0.1, 0.15) is 23.9 Å². The Kier molecular flexibility index (Phi) is 7.12. The molecule has 12 nitrogen and oxygen atoms in total. The van der Waals surface area contributed by atoms with E-state index in [-0.39, 0.29) is 24.9 Å². The third kappa shape index (κ3) is 3.76. The summed E-state index contributed by atoms with van der Waals surface area (Å²) < 4.78 is 35.6. The summed E-state index contributed by atoms with van der Waals surface area (Å²) in [4.78, 5) is 51.8. The number of methoxy groups -OCH3 is 1. The van der Waals surface area contributed by atoms with E-state index in [2.05, 4.69) is 0 Å². The Morgan fingerprint density at radius 1 is 0.867 bits per heavy atom. The quantitative estimate of drug-likeness (QED) is 0.277. The Labute approximate surface area is 262 Å². The van der Waals surface area contributed by atoms with Crippen molar-refractivity contribution in [3.05, 3.63) is 24.2 Å². The highest BCUT2D eigenvalue weighted by Crippen LogP contribution is 2.83. The maximum atomic E-state index is 13.6. The van der Waals surface area contributed by atoms with E-state index in [1.807, 2.05) is 26.8 Å². The molecule has 1 saturated heterocycles. The van der Waals surface area contributed by atoms with Gasteiger partial charge in [-0.1, -0.05) is 20.8 Å². The van der Waals surface area contributed by atoms with Crippen molar-refractivity contribution in [3.63, 3.8) is 0 Å². The Bertz CT molecular complexity index is 1410. The number of carbonyl (C=O) groups is 4. The van der Waals surface area contributed by atoms with Crippen molar-refractivity contribution < 1.29 is 57.5 Å². The minimum atomic E-state index is -1.53. The monoisotopic (exact) mass is 632 g/mol. The summed E-state index contributed by atoms with van der Waals surface area (Å²) in [5.41, 5.74) is -5.13. The molecule has 45 heavy (non-hydrogen) atoms. The zero-order valence-corrected chi connectivity index (χ0v) is 27.0. The van der Waals surface area contributed by atoms with Gasteiger partial charge in [0, 0.05) is 55.3 Å². The largest absolute Gasteiger partial charge is 0.472 e. The number of aliphatic hydroxyl groups is 2. The molecule has 1 spiro atoms. The van der Waals surface area contributed by atoms with Crippen LogP contribution < -0.4 is 0 Å². The Balaban J connectivity index is 1.64. The molecule has 14 atom stereocenters. The molecule has 6 rings (SSSR count). The predicted octanol–water partition coefficient (Wildman–Crippen LogP) is 2.67. The second-order valence-electron chi connectivity index (χ2n) is 14.6. The third-order valence-electron chi connectivity index (χ3n) is 13.0. The fourth-order valence-corrected chi connectivity index (χ4v) is 11.4. The van der Waals surface area contributed by atoms with E-state index in [0.29, 0.717) is 6.42 Å². The topological polar surface area (TPSA) is 171 Å². The number of furan rings is 1. The third-order valence-corrected chi connectivity index (χ3v) is 13.0. The maximum absolute atomic E-state index is 13.6. The molecule has 5 aliphatic rings. The molecule has 4 aliphatic carbocycles. The van der Waals surface area contributed by atoms with Gasteiger partial charge in [0.25, 0.3) is 0 Å². The molecule has 5 fully saturated rings. The minimum absolute atomic E-state index is 0.0821. The number of carbonyl (C=O) groups excluding carboxylic acids is 4. The summed E-state index contributed by atoms with van der Waals surface area (Å²) in [5.74, 6) is -4.42. The molecule has 1 aromatic rings. The Morgan fingerprint density at radius 3 is 2.04 bits per heavy atom. The van der Waals surface area contributed by atoms with Gasteiger partial charge in [-0.2, -0.15) is 0 Å². The first-order valence-electron chi connectivity index (χ1n) is 15.6. The summed E-state index contributed by atoms with van der Waals surface area (Å²) in [7, 11) is 1.24. The van der Waals surface area contributed by atoms with Gasteiger partial charge in [0.05, 0.1) is 43.4 Å². The van der Waals surface area contributed by atoms with Crippen LogP contribution in [0.1, 0.15) is 79.2 Å². The fraction of sp³-hybridized carbons (Fsp3) is 0.758. The van der Waals surface area contributed by atoms with Gasteiger partial charge < -0.3 is 38.3 Å². The number of hydrogen-bond acceptors (Lipinski definition) is 12. The zero-order valence-electron chi connectivity index (χ0n) is 27.0. The van der Waals surface area contributed by atoms with Crippen LogP contribution in [0.25, 0.3) is 0 Å². The van der Waals surface area contributed by atoms with E-state index in [0.717, 1.165) is 5.56 Å². The summed E-state index contributed by atoms with van der Waals surface area (Å²) in [6.45, 7) is 11.2. The average molecular weight is 633 g/mol. The van der Waals surface area contributed by atoms with Crippen molar-refractivity contribution >= 4 is 23.9 Å². The lowest BCUT2D eigenvalue weighted by Gasteiger charge is -2.72. The summed E-state index contributed by atoms with van der Waals surface area (Å²) in [6.07, 6.45) is -2.31. The molecule has 0 aromatic carbocycles. The first-order chi connectivity index (χ1) is 21.0. The fourth-order valence-electron chi connectivity index (χ4n) is 11.4. The van der Waals surface area contributed by atoms with Crippen molar-refractivity contribution in [2.24, 2.45) is 33.5 Å². The molecule has 0 bridgehead atoms. The summed E-state index contributed by atoms with van der Waals surface area (Å²) in [5, 5.41) is 24.3. The molecule has 1 aliphatic heterocycles. The highest BCUT2D eigenvalue weighted by atomic mass is 16.6. The number of rotatable bonds is 5. The van der Waals surface area contributed by atoms with Gasteiger partial charge in [-0.3, -0.25) is 19.2 Å². The van der Waals surface area contributed by atoms with E-state index in [9.17, 15) is 29.4 Å². The van der Waals surface area contributed by atoms with Crippen LogP contribution in [0.4, 0.5) is 0 Å². The molecule has 2 heterocycles. The number of esters is 4. The molecule has 4 saturated carbocycles. The van der Waals surface area contributed by atoms with Crippen LogP contribution in [0.2, 0.25) is 0 Å². The molecule has 0 unspecified atom stereocenters. The van der Waals surface area contributed by atoms with E-state index in [4.69, 9.17) is 28.1 Å². The van der Waals surface area contributed by atoms with Gasteiger partial charge >= 0.3 is 23.9 Å². The highest BCUT2D eigenvalue weighted by molar-refractivity contribution is 5.78. The standard InChI is InChI=1S/C33H44O12/c1-15(34)42-22-13-21(37)29(4,28(39)40-8)20-12-23(43-16(2)35)32(7)26(30(20,22)5)25(38)27(44-17(3)36)31(6)19(18-9-10-41-14-18)11-24-33(31,32)45-24/h9-10,14,19-27,37-38H,11-13H2,1-8H3/t19-,20-,21+,22-,23+,24-,25+,26+,27-,29-,30+,31+,32+,33-/m0/s1. The smallest absolute Gasteiger partial charge is 0.314 e. The molecule has 0 radical (unpaired) electrons. The van der Waals surface area contributed by atoms with Gasteiger partial charge in [-0.05, 0) is 37.3 Å². The molecule has 0 amide bonds. The number of hydrogen-bond donors (Lipinski definition) is 2. The van der Waals surface area contributed by atoms with Gasteiger partial charge in [-0.25, -0.2) is 0 Å². The van der Waals surface area contributed by atoms with E-state index < -0.39 is 93.5 Å². The maximum Gasteiger partial charge on any atom is 0.314 e. The molecule has 1 aromatic heterocycles. The van der Waals surface area contributed by atoms with Crippen LogP contribution >= 0.6 is 0 Å². The number of ether oxygens (including phenoxy) is 5. The number of fused-ring (bicyclic) bond motifs is 3. The second kappa shape index (κ2) is 10.0. The second-order valence-corrected chi connectivity index (χ2v) is 14.6. The zero-order chi connectivity index (χ0) is 33.1. The van der Waals surface area contributed by atoms with Crippen molar-refractivity contribution in [3.8, 4) is 0 Å². The molecular weight excluding hydrogens is 588 g/mol. The van der Waals surface area contributed by atoms with Crippen molar-refractivity contribution in [1.29, 1.82) is 0 Å². The van der Waals surface area contributed by atoms with E-state index in [1.165, 1.54) is 27.9 Å². The Morgan fingerprint density at radius 2 is 1.49 bits per heavy atom. The van der Waals surface area contributed by atoms with Crippen LogP contribution in [-0.2, 0) is 42.9 Å². The van der Waals surface area contributed by atoms with Crippen molar-refractivity contribution in [2.75, 3.05) is 7.11 Å². The Hall–Kier alpha value is -2.96. The van der Waals surface area contributed by atoms with Crippen molar-refractivity contribution in [1.82, 2.24) is 0 Å². The number of aliphatic hydroxyl groups excluding tert-OH is 2. The van der Waals surface area contributed by atoms with Crippen LogP contribution in [0, 0.1) is 33.5 Å². The van der Waals surface area contributed by atoms with Crippen LogP contribution in [0.3, 0.4) is 0 Å². The molecule has 2 N–H and O–H groups in total. The first kappa shape index (κ1) is 32.0. The number of epoxide rings is 1. The highest BCUT2D eigenvalue weighted by Gasteiger charge is 2.92. The van der Waals surface area contributed by atoms with Crippen LogP contribution in [-0.4, -0.2) is 83.4 Å². The molecule has 248 valence electrons. The van der Waals surface area contributed by atoms with Gasteiger partial charge in [0.15, 0.2) is 0 Å². The summed E-state index contributed by atoms with van der Waals surface area (Å²) in [6, 6.07) is 1.85. The van der Waals surface area contributed by atoms with Gasteiger partial charge in [0.2, 0.25) is 0 Å². The van der Waals surface area contributed by atoms with Crippen LogP contribution in [0.15, 0.2) is 23.0 Å². The SMILES string of the molecule is COC(=O)[C@]1(C)[C@H](O)C[C@H](OC(C)=O)[C@]2(C)[C@H]3[C@@H](O)[C@H](OC(C)=O)[C@@]4(C)[C@H](c5ccoc5)C[C@@H]5O[C@@]54[C@]3(C)[C@H](OC(C)=O)C[C@@H]12. The molecular formula is C33H44O12. The lowest BCUT2D eigenvalue weighted by Crippen LogP contribution is -2.80. The average Bonchev–Trinajstić information content (AvgIpc) is 3.31. The summed E-state index contributed by atoms with van der Waals surface area (Å²) >= 11 is 0. The minimum Gasteiger partial charge on any atom is -0.472 e. The lowest BCUT2D eigenvalue weighted by molar-refractivity contribution is -0.329. The lowest BCUT2D eigenvalue weighted by atomic mass is 9.33.